The number of esters is 1. The SMILES string of the molecule is CCOC(=O)CCCO/N=C/c1cc(C(=O)O)c(F)c(F)c1F. The van der Waals surface area contributed by atoms with Crippen LogP contribution in [0, 0.1) is 17.5 Å². The normalized spacial score (nSPS) is 10.8. The van der Waals surface area contributed by atoms with Gasteiger partial charge in [0.25, 0.3) is 0 Å². The molecule has 0 fully saturated rings. The summed E-state index contributed by atoms with van der Waals surface area (Å²) in [6.07, 6.45) is 1.11. The first kappa shape index (κ1) is 18.5. The predicted molar refractivity (Wildman–Crippen MR) is 72.7 cm³/mol. The average molecular weight is 333 g/mol. The van der Waals surface area contributed by atoms with Gasteiger partial charge in [0.15, 0.2) is 17.5 Å². The number of hydrogen-bond donors (Lipinski definition) is 1. The number of oxime groups is 1. The zero-order chi connectivity index (χ0) is 17.4. The summed E-state index contributed by atoms with van der Waals surface area (Å²) in [5.41, 5.74) is -1.60. The molecule has 1 aromatic rings. The molecule has 0 atom stereocenters. The summed E-state index contributed by atoms with van der Waals surface area (Å²) in [6, 6.07) is 0.599. The van der Waals surface area contributed by atoms with Crippen molar-refractivity contribution in [3.63, 3.8) is 0 Å². The van der Waals surface area contributed by atoms with Crippen LogP contribution in [0.15, 0.2) is 11.2 Å². The maximum absolute atomic E-state index is 13.5. The minimum atomic E-state index is -1.91. The standard InChI is InChI=1S/C14H14F3NO5/c1-2-22-10(19)4-3-5-23-18-7-8-6-9(14(20)21)12(16)13(17)11(8)15/h6-7H,2-5H2,1H3,(H,20,21)/b18-7+. The lowest BCUT2D eigenvalue weighted by Gasteiger charge is -2.04. The molecule has 0 aliphatic carbocycles. The summed E-state index contributed by atoms with van der Waals surface area (Å²) in [5, 5.41) is 12.0. The zero-order valence-electron chi connectivity index (χ0n) is 12.1. The third-order valence-electron chi connectivity index (χ3n) is 2.59. The Morgan fingerprint density at radius 1 is 1.26 bits per heavy atom. The van der Waals surface area contributed by atoms with Crippen LogP contribution in [0.2, 0.25) is 0 Å². The van der Waals surface area contributed by atoms with Crippen LogP contribution in [-0.2, 0) is 14.4 Å². The number of carbonyl (C=O) groups is 2. The van der Waals surface area contributed by atoms with Crippen molar-refractivity contribution in [1.82, 2.24) is 0 Å². The van der Waals surface area contributed by atoms with Crippen LogP contribution in [0.4, 0.5) is 13.2 Å². The molecule has 0 heterocycles. The van der Waals surface area contributed by atoms with Gasteiger partial charge in [0.2, 0.25) is 0 Å². The third kappa shape index (κ3) is 5.28. The average Bonchev–Trinajstić information content (AvgIpc) is 2.50. The Balaban J connectivity index is 2.63. The molecule has 0 aromatic heterocycles. The molecule has 1 aromatic carbocycles. The Morgan fingerprint density at radius 3 is 2.57 bits per heavy atom. The number of hydrogen-bond acceptors (Lipinski definition) is 5. The van der Waals surface area contributed by atoms with E-state index in [9.17, 15) is 22.8 Å². The summed E-state index contributed by atoms with van der Waals surface area (Å²) in [5.74, 6) is -7.42. The van der Waals surface area contributed by atoms with Gasteiger partial charge in [-0.15, -0.1) is 0 Å². The Labute approximate surface area is 129 Å². The molecule has 0 saturated heterocycles. The summed E-state index contributed by atoms with van der Waals surface area (Å²) in [4.78, 5) is 26.5. The number of benzene rings is 1. The van der Waals surface area contributed by atoms with E-state index in [0.29, 0.717) is 12.3 Å². The van der Waals surface area contributed by atoms with Gasteiger partial charge in [0.1, 0.15) is 6.61 Å². The molecule has 126 valence electrons. The second-order valence-corrected chi connectivity index (χ2v) is 4.24. The van der Waals surface area contributed by atoms with Gasteiger partial charge in [-0.1, -0.05) is 5.16 Å². The fourth-order valence-electron chi connectivity index (χ4n) is 1.53. The molecule has 0 amide bonds. The Bertz CT molecular complexity index is 619. The van der Waals surface area contributed by atoms with Crippen LogP contribution in [-0.4, -0.2) is 36.5 Å². The van der Waals surface area contributed by atoms with Gasteiger partial charge < -0.3 is 14.7 Å². The number of carboxylic acids is 1. The molecule has 1 N–H and O–H groups in total. The van der Waals surface area contributed by atoms with Crippen LogP contribution in [0.3, 0.4) is 0 Å². The molecule has 0 bridgehead atoms. The highest BCUT2D eigenvalue weighted by Crippen LogP contribution is 2.18. The molecular formula is C14H14F3NO5. The second kappa shape index (κ2) is 8.76. The quantitative estimate of drug-likeness (QED) is 0.260. The summed E-state index contributed by atoms with van der Waals surface area (Å²) in [7, 11) is 0. The van der Waals surface area contributed by atoms with Crippen LogP contribution < -0.4 is 0 Å². The van der Waals surface area contributed by atoms with E-state index in [1.54, 1.807) is 6.92 Å². The minimum Gasteiger partial charge on any atom is -0.478 e. The number of ether oxygens (including phenoxy) is 1. The first-order chi connectivity index (χ1) is 10.9. The van der Waals surface area contributed by atoms with Crippen molar-refractivity contribution in [2.45, 2.75) is 19.8 Å². The molecule has 6 nitrogen and oxygen atoms in total. The fraction of sp³-hybridized carbons (Fsp3) is 0.357. The van der Waals surface area contributed by atoms with Crippen LogP contribution in [0.25, 0.3) is 0 Å². The highest BCUT2D eigenvalue weighted by molar-refractivity contribution is 5.91. The smallest absolute Gasteiger partial charge is 0.338 e. The summed E-state index contributed by atoms with van der Waals surface area (Å²) in [6.45, 7) is 1.94. The largest absolute Gasteiger partial charge is 0.478 e. The van der Waals surface area contributed by atoms with Crippen molar-refractivity contribution >= 4 is 18.2 Å². The van der Waals surface area contributed by atoms with Crippen molar-refractivity contribution in [1.29, 1.82) is 0 Å². The van der Waals surface area contributed by atoms with Crippen molar-refractivity contribution in [3.05, 3.63) is 34.6 Å². The molecule has 1 rings (SSSR count). The van der Waals surface area contributed by atoms with E-state index >= 15 is 0 Å². The summed E-state index contributed by atoms with van der Waals surface area (Å²) < 4.78 is 44.6. The van der Waals surface area contributed by atoms with Crippen molar-refractivity contribution < 1.29 is 37.4 Å². The first-order valence-corrected chi connectivity index (χ1v) is 6.60. The highest BCUT2D eigenvalue weighted by atomic mass is 19.2. The van der Waals surface area contributed by atoms with E-state index in [-0.39, 0.29) is 26.1 Å². The van der Waals surface area contributed by atoms with E-state index in [1.807, 2.05) is 0 Å². The number of carbonyl (C=O) groups excluding carboxylic acids is 1. The van der Waals surface area contributed by atoms with Crippen molar-refractivity contribution in [2.75, 3.05) is 13.2 Å². The van der Waals surface area contributed by atoms with Gasteiger partial charge in [0, 0.05) is 12.0 Å². The van der Waals surface area contributed by atoms with Gasteiger partial charge in [-0.2, -0.15) is 0 Å². The Kier molecular flexibility index (Phi) is 7.04. The van der Waals surface area contributed by atoms with Crippen LogP contribution in [0.1, 0.15) is 35.7 Å². The lowest BCUT2D eigenvalue weighted by molar-refractivity contribution is -0.143. The maximum Gasteiger partial charge on any atom is 0.338 e. The molecule has 0 spiro atoms. The number of carboxylic acid groups (broad SMARTS) is 1. The Morgan fingerprint density at radius 2 is 1.96 bits per heavy atom. The molecule has 0 unspecified atom stereocenters. The third-order valence-corrected chi connectivity index (χ3v) is 2.59. The molecular weight excluding hydrogens is 319 g/mol. The molecule has 0 radical (unpaired) electrons. The summed E-state index contributed by atoms with van der Waals surface area (Å²) >= 11 is 0. The van der Waals surface area contributed by atoms with Gasteiger partial charge in [-0.3, -0.25) is 4.79 Å². The van der Waals surface area contributed by atoms with E-state index in [1.165, 1.54) is 0 Å². The number of rotatable bonds is 8. The van der Waals surface area contributed by atoms with Gasteiger partial charge in [-0.05, 0) is 19.4 Å². The highest BCUT2D eigenvalue weighted by Gasteiger charge is 2.21. The Hall–Kier alpha value is -2.58. The lowest BCUT2D eigenvalue weighted by Crippen LogP contribution is -2.08. The van der Waals surface area contributed by atoms with E-state index < -0.39 is 40.5 Å². The molecule has 0 aliphatic heterocycles. The number of nitrogens with zero attached hydrogens (tertiary/aromatic N) is 1. The van der Waals surface area contributed by atoms with E-state index in [2.05, 4.69) is 9.89 Å². The van der Waals surface area contributed by atoms with E-state index in [0.717, 1.165) is 0 Å². The van der Waals surface area contributed by atoms with Gasteiger partial charge in [-0.25, -0.2) is 18.0 Å². The van der Waals surface area contributed by atoms with Crippen LogP contribution >= 0.6 is 0 Å². The predicted octanol–water partition coefficient (Wildman–Crippen LogP) is 2.50. The molecule has 0 saturated carbocycles. The van der Waals surface area contributed by atoms with Crippen molar-refractivity contribution in [3.8, 4) is 0 Å². The van der Waals surface area contributed by atoms with Gasteiger partial charge in [0.05, 0.1) is 18.4 Å². The van der Waals surface area contributed by atoms with Crippen LogP contribution in [0.5, 0.6) is 0 Å². The topological polar surface area (TPSA) is 85.2 Å². The zero-order valence-corrected chi connectivity index (χ0v) is 12.1. The molecule has 23 heavy (non-hydrogen) atoms. The monoisotopic (exact) mass is 333 g/mol. The van der Waals surface area contributed by atoms with Crippen molar-refractivity contribution in [2.24, 2.45) is 5.16 Å². The number of halogens is 3. The fourth-order valence-corrected chi connectivity index (χ4v) is 1.53. The first-order valence-electron chi connectivity index (χ1n) is 6.60. The molecule has 0 aliphatic rings. The molecule has 9 heteroatoms. The second-order valence-electron chi connectivity index (χ2n) is 4.24. The number of aromatic carboxylic acids is 1. The van der Waals surface area contributed by atoms with E-state index in [4.69, 9.17) is 9.94 Å². The maximum atomic E-state index is 13.5. The lowest BCUT2D eigenvalue weighted by atomic mass is 10.1. The van der Waals surface area contributed by atoms with Gasteiger partial charge >= 0.3 is 11.9 Å². The minimum absolute atomic E-state index is 0.00635.